The summed E-state index contributed by atoms with van der Waals surface area (Å²) in [6.07, 6.45) is 10.7. The molecule has 1 atom stereocenters. The van der Waals surface area contributed by atoms with Crippen molar-refractivity contribution in [3.8, 4) is 0 Å². The second-order valence-electron chi connectivity index (χ2n) is 5.25. The first kappa shape index (κ1) is 11.8. The monoisotopic (exact) mass is 195 g/mol. The largest absolute Gasteiger partial charge is 0.324 e. The molecule has 14 heavy (non-hydrogen) atoms. The molecule has 0 aliphatic heterocycles. The highest BCUT2D eigenvalue weighted by Crippen LogP contribution is 2.36. The van der Waals surface area contributed by atoms with E-state index in [-0.39, 0.29) is 6.04 Å². The van der Waals surface area contributed by atoms with Crippen LogP contribution in [0.5, 0.6) is 0 Å². The second-order valence-corrected chi connectivity index (χ2v) is 5.25. The molecule has 82 valence electrons. The van der Waals surface area contributed by atoms with Gasteiger partial charge in [-0.1, -0.05) is 44.3 Å². The number of hydrogen-bond acceptors (Lipinski definition) is 1. The van der Waals surface area contributed by atoms with Gasteiger partial charge in [-0.2, -0.15) is 0 Å². The van der Waals surface area contributed by atoms with Gasteiger partial charge in [-0.15, -0.1) is 0 Å². The Morgan fingerprint density at radius 2 is 1.71 bits per heavy atom. The van der Waals surface area contributed by atoms with Crippen LogP contribution in [0.1, 0.15) is 59.3 Å². The molecule has 0 amide bonds. The fraction of sp³-hybridized carbons (Fsp3) is 0.846. The van der Waals surface area contributed by atoms with Gasteiger partial charge in [0, 0.05) is 6.04 Å². The summed E-state index contributed by atoms with van der Waals surface area (Å²) in [7, 11) is 0. The summed E-state index contributed by atoms with van der Waals surface area (Å²) in [6.45, 7) is 6.64. The topological polar surface area (TPSA) is 26.0 Å². The molecular weight excluding hydrogens is 170 g/mol. The fourth-order valence-corrected chi connectivity index (χ4v) is 2.36. The van der Waals surface area contributed by atoms with Crippen LogP contribution in [0.4, 0.5) is 0 Å². The molecule has 0 aromatic heterocycles. The Morgan fingerprint density at radius 3 is 2.14 bits per heavy atom. The maximum Gasteiger partial charge on any atom is 0.0222 e. The molecule has 1 aliphatic carbocycles. The first-order valence-corrected chi connectivity index (χ1v) is 5.98. The van der Waals surface area contributed by atoms with E-state index in [2.05, 4.69) is 26.8 Å². The van der Waals surface area contributed by atoms with Crippen molar-refractivity contribution in [1.29, 1.82) is 0 Å². The van der Waals surface area contributed by atoms with Crippen LogP contribution in [0.3, 0.4) is 0 Å². The van der Waals surface area contributed by atoms with Crippen LogP contribution in [-0.4, -0.2) is 6.04 Å². The molecule has 0 bridgehead atoms. The second kappa shape index (κ2) is 4.97. The van der Waals surface area contributed by atoms with Crippen molar-refractivity contribution in [3.63, 3.8) is 0 Å². The predicted octanol–water partition coefficient (Wildman–Crippen LogP) is 3.64. The van der Waals surface area contributed by atoms with E-state index in [0.717, 1.165) is 0 Å². The Kier molecular flexibility index (Phi) is 4.18. The zero-order valence-corrected chi connectivity index (χ0v) is 9.97. The standard InChI is InChI=1S/C13H25N/c1-11(12(2)14)10-13(3)8-6-4-5-7-9-13/h10,12H,4-9,14H2,1-3H3/b11-10+. The molecule has 0 radical (unpaired) electrons. The van der Waals surface area contributed by atoms with Gasteiger partial charge < -0.3 is 5.73 Å². The van der Waals surface area contributed by atoms with Gasteiger partial charge in [0.1, 0.15) is 0 Å². The first-order chi connectivity index (χ1) is 6.53. The third kappa shape index (κ3) is 3.45. The molecule has 0 spiro atoms. The van der Waals surface area contributed by atoms with Crippen LogP contribution < -0.4 is 5.73 Å². The molecule has 1 rings (SSSR count). The van der Waals surface area contributed by atoms with Crippen LogP contribution >= 0.6 is 0 Å². The number of allylic oxidation sites excluding steroid dienone is 1. The summed E-state index contributed by atoms with van der Waals surface area (Å²) >= 11 is 0. The van der Waals surface area contributed by atoms with Crippen LogP contribution in [0, 0.1) is 5.41 Å². The minimum atomic E-state index is 0.218. The lowest BCUT2D eigenvalue weighted by Gasteiger charge is -2.25. The lowest BCUT2D eigenvalue weighted by molar-refractivity contribution is 0.364. The van der Waals surface area contributed by atoms with E-state index in [1.54, 1.807) is 0 Å². The third-order valence-electron chi connectivity index (χ3n) is 3.54. The molecule has 0 aromatic carbocycles. The maximum absolute atomic E-state index is 5.88. The van der Waals surface area contributed by atoms with Crippen LogP contribution in [0.25, 0.3) is 0 Å². The lowest BCUT2D eigenvalue weighted by Crippen LogP contribution is -2.20. The maximum atomic E-state index is 5.88. The SMILES string of the molecule is C/C(=C\C1(C)CCCCCC1)C(C)N. The molecule has 1 nitrogen and oxygen atoms in total. The van der Waals surface area contributed by atoms with E-state index in [1.165, 1.54) is 44.1 Å². The molecule has 1 aliphatic rings. The Morgan fingerprint density at radius 1 is 1.21 bits per heavy atom. The van der Waals surface area contributed by atoms with Gasteiger partial charge in [-0.05, 0) is 32.1 Å². The fourth-order valence-electron chi connectivity index (χ4n) is 2.36. The van der Waals surface area contributed by atoms with E-state index in [9.17, 15) is 0 Å². The summed E-state index contributed by atoms with van der Waals surface area (Å²) < 4.78 is 0. The summed E-state index contributed by atoms with van der Waals surface area (Å²) in [5.74, 6) is 0. The number of nitrogens with two attached hydrogens (primary N) is 1. The highest BCUT2D eigenvalue weighted by molar-refractivity contribution is 5.11. The van der Waals surface area contributed by atoms with Crippen molar-refractivity contribution in [2.24, 2.45) is 11.1 Å². The normalized spacial score (nSPS) is 25.6. The zero-order chi connectivity index (χ0) is 10.6. The summed E-state index contributed by atoms with van der Waals surface area (Å²) in [5, 5.41) is 0. The van der Waals surface area contributed by atoms with Crippen molar-refractivity contribution in [1.82, 2.24) is 0 Å². The van der Waals surface area contributed by atoms with Crippen LogP contribution in [0.15, 0.2) is 11.6 Å². The van der Waals surface area contributed by atoms with Crippen LogP contribution in [-0.2, 0) is 0 Å². The Bertz CT molecular complexity index is 195. The highest BCUT2D eigenvalue weighted by atomic mass is 14.6. The van der Waals surface area contributed by atoms with E-state index < -0.39 is 0 Å². The quantitative estimate of drug-likeness (QED) is 0.528. The molecular formula is C13H25N. The van der Waals surface area contributed by atoms with Crippen molar-refractivity contribution in [3.05, 3.63) is 11.6 Å². The summed E-state index contributed by atoms with van der Waals surface area (Å²) in [4.78, 5) is 0. The average Bonchev–Trinajstić information content (AvgIpc) is 2.30. The van der Waals surface area contributed by atoms with E-state index in [0.29, 0.717) is 5.41 Å². The summed E-state index contributed by atoms with van der Waals surface area (Å²) in [5.41, 5.74) is 7.66. The molecule has 1 unspecified atom stereocenters. The zero-order valence-electron chi connectivity index (χ0n) is 9.97. The lowest BCUT2D eigenvalue weighted by atomic mass is 9.80. The Balaban J connectivity index is 2.67. The summed E-state index contributed by atoms with van der Waals surface area (Å²) in [6, 6.07) is 0.218. The molecule has 0 aromatic rings. The molecule has 1 heteroatoms. The highest BCUT2D eigenvalue weighted by Gasteiger charge is 2.23. The van der Waals surface area contributed by atoms with E-state index >= 15 is 0 Å². The smallest absolute Gasteiger partial charge is 0.0222 e. The van der Waals surface area contributed by atoms with Crippen molar-refractivity contribution >= 4 is 0 Å². The van der Waals surface area contributed by atoms with Crippen molar-refractivity contribution in [2.45, 2.75) is 65.3 Å². The molecule has 1 fully saturated rings. The molecule has 0 heterocycles. The van der Waals surface area contributed by atoms with Gasteiger partial charge in [0.15, 0.2) is 0 Å². The van der Waals surface area contributed by atoms with Gasteiger partial charge >= 0.3 is 0 Å². The van der Waals surface area contributed by atoms with Gasteiger partial charge in [0.25, 0.3) is 0 Å². The van der Waals surface area contributed by atoms with Crippen LogP contribution in [0.2, 0.25) is 0 Å². The third-order valence-corrected chi connectivity index (χ3v) is 3.54. The van der Waals surface area contributed by atoms with Gasteiger partial charge in [-0.3, -0.25) is 0 Å². The molecule has 2 N–H and O–H groups in total. The Hall–Kier alpha value is -0.300. The van der Waals surface area contributed by atoms with Gasteiger partial charge in [0.2, 0.25) is 0 Å². The first-order valence-electron chi connectivity index (χ1n) is 5.98. The predicted molar refractivity (Wildman–Crippen MR) is 63.2 cm³/mol. The molecule has 0 saturated heterocycles. The number of rotatable bonds is 2. The Labute approximate surface area is 88.8 Å². The van der Waals surface area contributed by atoms with Gasteiger partial charge in [0.05, 0.1) is 0 Å². The average molecular weight is 195 g/mol. The minimum absolute atomic E-state index is 0.218. The van der Waals surface area contributed by atoms with E-state index in [1.807, 2.05) is 0 Å². The molecule has 1 saturated carbocycles. The van der Waals surface area contributed by atoms with Crippen molar-refractivity contribution in [2.75, 3.05) is 0 Å². The van der Waals surface area contributed by atoms with Crippen molar-refractivity contribution < 1.29 is 0 Å². The number of hydrogen-bond donors (Lipinski definition) is 1. The van der Waals surface area contributed by atoms with Gasteiger partial charge in [-0.25, -0.2) is 0 Å². The van der Waals surface area contributed by atoms with E-state index in [4.69, 9.17) is 5.73 Å². The minimum Gasteiger partial charge on any atom is -0.324 e.